The zero-order valence-corrected chi connectivity index (χ0v) is 11.6. The molecular formula is C16H24FN. The molecule has 2 heteroatoms. The van der Waals surface area contributed by atoms with Crippen LogP contribution in [0.5, 0.6) is 0 Å². The molecule has 0 spiro atoms. The number of rotatable bonds is 2. The molecule has 1 saturated carbocycles. The normalized spacial score (nSPS) is 28.7. The maximum absolute atomic E-state index is 13.5. The number of hydrogen-bond donors (Lipinski definition) is 1. The molecule has 1 aromatic carbocycles. The lowest BCUT2D eigenvalue weighted by Crippen LogP contribution is -2.36. The summed E-state index contributed by atoms with van der Waals surface area (Å²) in [7, 11) is 0. The molecule has 100 valence electrons. The molecule has 0 bridgehead atoms. The van der Waals surface area contributed by atoms with E-state index in [1.165, 1.54) is 6.42 Å². The van der Waals surface area contributed by atoms with Crippen molar-refractivity contribution in [1.29, 1.82) is 0 Å². The van der Waals surface area contributed by atoms with E-state index >= 15 is 0 Å². The van der Waals surface area contributed by atoms with Gasteiger partial charge in [-0.2, -0.15) is 0 Å². The summed E-state index contributed by atoms with van der Waals surface area (Å²) in [4.78, 5) is 0. The second-order valence-electron chi connectivity index (χ2n) is 6.15. The molecule has 3 unspecified atom stereocenters. The van der Waals surface area contributed by atoms with Gasteiger partial charge in [0.1, 0.15) is 5.82 Å². The van der Waals surface area contributed by atoms with E-state index in [1.54, 1.807) is 12.1 Å². The average Bonchev–Trinajstić information content (AvgIpc) is 2.27. The Morgan fingerprint density at radius 1 is 1.22 bits per heavy atom. The third kappa shape index (κ3) is 2.92. The Morgan fingerprint density at radius 3 is 2.56 bits per heavy atom. The lowest BCUT2D eigenvalue weighted by atomic mass is 9.71. The zero-order chi connectivity index (χ0) is 13.3. The minimum Gasteiger partial charge on any atom is -0.327 e. The molecule has 1 nitrogen and oxygen atoms in total. The van der Waals surface area contributed by atoms with E-state index in [0.717, 1.165) is 29.9 Å². The van der Waals surface area contributed by atoms with Gasteiger partial charge in [-0.1, -0.05) is 19.9 Å². The van der Waals surface area contributed by atoms with Gasteiger partial charge >= 0.3 is 0 Å². The predicted octanol–water partition coefficient (Wildman–Crippen LogP) is 4.00. The third-order valence-corrected chi connectivity index (χ3v) is 4.38. The summed E-state index contributed by atoms with van der Waals surface area (Å²) in [6, 6.07) is 5.52. The number of nitrogens with two attached hydrogens (primary N) is 1. The Morgan fingerprint density at radius 2 is 1.94 bits per heavy atom. The Hall–Kier alpha value is -0.890. The first-order chi connectivity index (χ1) is 8.47. The van der Waals surface area contributed by atoms with Crippen molar-refractivity contribution in [1.82, 2.24) is 0 Å². The number of benzene rings is 1. The van der Waals surface area contributed by atoms with Crippen molar-refractivity contribution in [2.75, 3.05) is 0 Å². The van der Waals surface area contributed by atoms with Crippen LogP contribution in [-0.4, -0.2) is 6.04 Å². The summed E-state index contributed by atoms with van der Waals surface area (Å²) in [5.41, 5.74) is 8.33. The Kier molecular flexibility index (Phi) is 4.06. The molecule has 1 aromatic rings. The molecule has 0 aliphatic heterocycles. The SMILES string of the molecule is Cc1cc(F)cc(C2CC(C(C)C)CCC2N)c1. The smallest absolute Gasteiger partial charge is 0.123 e. The molecule has 0 saturated heterocycles. The van der Waals surface area contributed by atoms with E-state index < -0.39 is 0 Å². The molecule has 2 N–H and O–H groups in total. The van der Waals surface area contributed by atoms with Crippen LogP contribution < -0.4 is 5.73 Å². The predicted molar refractivity (Wildman–Crippen MR) is 74.0 cm³/mol. The lowest BCUT2D eigenvalue weighted by molar-refractivity contribution is 0.232. The van der Waals surface area contributed by atoms with Crippen LogP contribution in [-0.2, 0) is 0 Å². The highest BCUT2D eigenvalue weighted by molar-refractivity contribution is 5.28. The quantitative estimate of drug-likeness (QED) is 0.842. The zero-order valence-electron chi connectivity index (χ0n) is 11.6. The van der Waals surface area contributed by atoms with Crippen LogP contribution in [0.4, 0.5) is 4.39 Å². The molecule has 0 amide bonds. The largest absolute Gasteiger partial charge is 0.327 e. The second-order valence-corrected chi connectivity index (χ2v) is 6.15. The number of aryl methyl sites for hydroxylation is 1. The van der Waals surface area contributed by atoms with E-state index in [0.29, 0.717) is 11.8 Å². The highest BCUT2D eigenvalue weighted by Gasteiger charge is 2.30. The third-order valence-electron chi connectivity index (χ3n) is 4.38. The maximum Gasteiger partial charge on any atom is 0.123 e. The van der Waals surface area contributed by atoms with Crippen molar-refractivity contribution in [2.24, 2.45) is 17.6 Å². The van der Waals surface area contributed by atoms with Crippen molar-refractivity contribution in [2.45, 2.75) is 52.0 Å². The lowest BCUT2D eigenvalue weighted by Gasteiger charge is -2.36. The van der Waals surface area contributed by atoms with Gasteiger partial charge in [0.15, 0.2) is 0 Å². The standard InChI is InChI=1S/C16H24FN/c1-10(2)12-4-5-16(18)15(9-12)13-6-11(3)7-14(17)8-13/h6-8,10,12,15-16H,4-5,9,18H2,1-3H3. The van der Waals surface area contributed by atoms with Gasteiger partial charge < -0.3 is 5.73 Å². The van der Waals surface area contributed by atoms with Gasteiger partial charge in [0, 0.05) is 6.04 Å². The monoisotopic (exact) mass is 249 g/mol. The summed E-state index contributed by atoms with van der Waals surface area (Å²) in [6.07, 6.45) is 3.37. The molecule has 18 heavy (non-hydrogen) atoms. The second kappa shape index (κ2) is 5.40. The van der Waals surface area contributed by atoms with Gasteiger partial charge in [0.25, 0.3) is 0 Å². The van der Waals surface area contributed by atoms with Gasteiger partial charge in [-0.3, -0.25) is 0 Å². The molecule has 2 rings (SSSR count). The summed E-state index contributed by atoms with van der Waals surface area (Å²) < 4.78 is 13.5. The van der Waals surface area contributed by atoms with E-state index in [1.807, 2.05) is 6.92 Å². The molecule has 3 atom stereocenters. The van der Waals surface area contributed by atoms with Crippen LogP contribution in [0, 0.1) is 24.6 Å². The van der Waals surface area contributed by atoms with Crippen molar-refractivity contribution in [3.63, 3.8) is 0 Å². The Labute approximate surface area is 110 Å². The minimum absolute atomic E-state index is 0.135. The van der Waals surface area contributed by atoms with E-state index in [2.05, 4.69) is 19.9 Å². The first-order valence-corrected chi connectivity index (χ1v) is 7.00. The van der Waals surface area contributed by atoms with Gasteiger partial charge in [0.2, 0.25) is 0 Å². The topological polar surface area (TPSA) is 26.0 Å². The van der Waals surface area contributed by atoms with Crippen molar-refractivity contribution < 1.29 is 4.39 Å². The highest BCUT2D eigenvalue weighted by atomic mass is 19.1. The summed E-state index contributed by atoms with van der Waals surface area (Å²) in [6.45, 7) is 6.49. The molecule has 0 radical (unpaired) electrons. The van der Waals surface area contributed by atoms with E-state index in [4.69, 9.17) is 5.73 Å². The van der Waals surface area contributed by atoms with Crippen LogP contribution >= 0.6 is 0 Å². The van der Waals surface area contributed by atoms with Gasteiger partial charge in [-0.05, 0) is 67.2 Å². The molecule has 0 aromatic heterocycles. The molecule has 1 aliphatic carbocycles. The summed E-state index contributed by atoms with van der Waals surface area (Å²) in [5, 5.41) is 0. The first-order valence-electron chi connectivity index (χ1n) is 7.00. The van der Waals surface area contributed by atoms with Gasteiger partial charge in [0.05, 0.1) is 0 Å². The molecule has 1 fully saturated rings. The maximum atomic E-state index is 13.5. The van der Waals surface area contributed by atoms with E-state index in [-0.39, 0.29) is 11.9 Å². The van der Waals surface area contributed by atoms with Crippen LogP contribution in [0.25, 0.3) is 0 Å². The van der Waals surface area contributed by atoms with E-state index in [9.17, 15) is 4.39 Å². The molecule has 1 aliphatic rings. The van der Waals surface area contributed by atoms with Crippen molar-refractivity contribution in [3.05, 3.63) is 35.1 Å². The van der Waals surface area contributed by atoms with Crippen LogP contribution in [0.1, 0.15) is 50.2 Å². The fourth-order valence-electron chi connectivity index (χ4n) is 3.19. The first kappa shape index (κ1) is 13.5. The average molecular weight is 249 g/mol. The van der Waals surface area contributed by atoms with Gasteiger partial charge in [-0.15, -0.1) is 0 Å². The number of halogens is 1. The Balaban J connectivity index is 2.23. The fourth-order valence-corrected chi connectivity index (χ4v) is 3.19. The Bertz CT molecular complexity index is 393. The number of hydrogen-bond acceptors (Lipinski definition) is 1. The van der Waals surface area contributed by atoms with Crippen LogP contribution in [0.2, 0.25) is 0 Å². The van der Waals surface area contributed by atoms with Crippen molar-refractivity contribution in [3.8, 4) is 0 Å². The molecule has 0 heterocycles. The van der Waals surface area contributed by atoms with Gasteiger partial charge in [-0.25, -0.2) is 4.39 Å². The van der Waals surface area contributed by atoms with Crippen molar-refractivity contribution >= 4 is 0 Å². The summed E-state index contributed by atoms with van der Waals surface area (Å²) in [5.74, 6) is 1.59. The molecular weight excluding hydrogens is 225 g/mol. The van der Waals surface area contributed by atoms with Crippen LogP contribution in [0.3, 0.4) is 0 Å². The summed E-state index contributed by atoms with van der Waals surface area (Å²) >= 11 is 0. The fraction of sp³-hybridized carbons (Fsp3) is 0.625. The highest BCUT2D eigenvalue weighted by Crippen LogP contribution is 2.39. The minimum atomic E-state index is -0.135. The van der Waals surface area contributed by atoms with Crippen LogP contribution in [0.15, 0.2) is 18.2 Å².